The van der Waals surface area contributed by atoms with Gasteiger partial charge in [-0.3, -0.25) is 4.79 Å². The number of nitrogens with one attached hydrogen (secondary N) is 1. The molecule has 0 aliphatic carbocycles. The number of benzene rings is 2. The number of para-hydroxylation sites is 1. The number of carbonyl (C=O) groups excluding carboxylic acids is 1. The van der Waals surface area contributed by atoms with Gasteiger partial charge < -0.3 is 14.8 Å². The standard InChI is InChI=1S/C16H13N3O3S/c20-14(17-11-4-2-5-12-15(11)19-23-18-12)9-22-13-6-1-3-10-7-8-21-16(10)13/h1-6H,7-9H2,(H,17,20). The molecule has 3 aromatic rings. The minimum Gasteiger partial charge on any atom is -0.489 e. The van der Waals surface area contributed by atoms with Crippen molar-refractivity contribution < 1.29 is 14.3 Å². The van der Waals surface area contributed by atoms with Crippen LogP contribution in [0.25, 0.3) is 11.0 Å². The van der Waals surface area contributed by atoms with Crippen LogP contribution < -0.4 is 14.8 Å². The van der Waals surface area contributed by atoms with Crippen LogP contribution in [0, 0.1) is 0 Å². The highest BCUT2D eigenvalue weighted by Gasteiger charge is 2.17. The van der Waals surface area contributed by atoms with Crippen LogP contribution in [0.3, 0.4) is 0 Å². The molecule has 1 aliphatic rings. The number of rotatable bonds is 4. The first kappa shape index (κ1) is 14.0. The zero-order valence-electron chi connectivity index (χ0n) is 12.1. The van der Waals surface area contributed by atoms with E-state index in [0.717, 1.165) is 35.0 Å². The summed E-state index contributed by atoms with van der Waals surface area (Å²) in [6, 6.07) is 11.2. The SMILES string of the molecule is O=C(COc1cccc2c1OCC2)Nc1cccc2nsnc12. The Morgan fingerprint density at radius 3 is 3.13 bits per heavy atom. The van der Waals surface area contributed by atoms with Crippen molar-refractivity contribution in [3.05, 3.63) is 42.0 Å². The number of nitrogens with zero attached hydrogens (tertiary/aromatic N) is 2. The molecule has 1 aromatic heterocycles. The molecule has 2 aromatic carbocycles. The number of hydrogen-bond acceptors (Lipinski definition) is 6. The molecule has 6 nitrogen and oxygen atoms in total. The zero-order chi connectivity index (χ0) is 15.6. The van der Waals surface area contributed by atoms with Crippen LogP contribution in [0.4, 0.5) is 5.69 Å². The van der Waals surface area contributed by atoms with E-state index in [9.17, 15) is 4.79 Å². The van der Waals surface area contributed by atoms with Crippen molar-refractivity contribution in [1.82, 2.24) is 8.75 Å². The van der Waals surface area contributed by atoms with Crippen LogP contribution in [-0.4, -0.2) is 27.9 Å². The molecule has 4 rings (SSSR count). The summed E-state index contributed by atoms with van der Waals surface area (Å²) < 4.78 is 19.5. The number of ether oxygens (including phenoxy) is 2. The summed E-state index contributed by atoms with van der Waals surface area (Å²) in [6.45, 7) is 0.564. The summed E-state index contributed by atoms with van der Waals surface area (Å²) in [5.41, 5.74) is 3.21. The maximum Gasteiger partial charge on any atom is 0.262 e. The Labute approximate surface area is 136 Å². The number of amides is 1. The van der Waals surface area contributed by atoms with Crippen molar-refractivity contribution in [3.8, 4) is 11.5 Å². The van der Waals surface area contributed by atoms with Gasteiger partial charge in [0.05, 0.1) is 24.0 Å². The van der Waals surface area contributed by atoms with Gasteiger partial charge in [0.15, 0.2) is 18.1 Å². The fourth-order valence-corrected chi connectivity index (χ4v) is 3.08. The highest BCUT2D eigenvalue weighted by molar-refractivity contribution is 7.00. The summed E-state index contributed by atoms with van der Waals surface area (Å²) in [6.07, 6.45) is 0.873. The Morgan fingerprint density at radius 2 is 2.17 bits per heavy atom. The molecule has 0 atom stereocenters. The smallest absolute Gasteiger partial charge is 0.262 e. The first-order valence-corrected chi connectivity index (χ1v) is 7.93. The zero-order valence-corrected chi connectivity index (χ0v) is 12.9. The van der Waals surface area contributed by atoms with Crippen molar-refractivity contribution in [2.45, 2.75) is 6.42 Å². The monoisotopic (exact) mass is 327 g/mol. The van der Waals surface area contributed by atoms with E-state index in [1.807, 2.05) is 30.3 Å². The van der Waals surface area contributed by atoms with Crippen LogP contribution in [0.5, 0.6) is 11.5 Å². The van der Waals surface area contributed by atoms with E-state index >= 15 is 0 Å². The Balaban J connectivity index is 1.45. The molecular weight excluding hydrogens is 314 g/mol. The van der Waals surface area contributed by atoms with Crippen molar-refractivity contribution in [2.75, 3.05) is 18.5 Å². The lowest BCUT2D eigenvalue weighted by atomic mass is 10.1. The molecule has 1 N–H and O–H groups in total. The van der Waals surface area contributed by atoms with Crippen LogP contribution in [0.2, 0.25) is 0 Å². The van der Waals surface area contributed by atoms with Gasteiger partial charge in [-0.15, -0.1) is 0 Å². The van der Waals surface area contributed by atoms with Crippen LogP contribution in [-0.2, 0) is 11.2 Å². The highest BCUT2D eigenvalue weighted by Crippen LogP contribution is 2.35. The van der Waals surface area contributed by atoms with E-state index in [1.165, 1.54) is 0 Å². The molecule has 0 radical (unpaired) electrons. The second kappa shape index (κ2) is 5.85. The first-order valence-electron chi connectivity index (χ1n) is 7.20. The van der Waals surface area contributed by atoms with E-state index < -0.39 is 0 Å². The molecule has 116 valence electrons. The summed E-state index contributed by atoms with van der Waals surface area (Å²) in [5, 5.41) is 2.81. The van der Waals surface area contributed by atoms with Crippen molar-refractivity contribution >= 4 is 34.4 Å². The van der Waals surface area contributed by atoms with E-state index in [2.05, 4.69) is 14.1 Å². The fourth-order valence-electron chi connectivity index (χ4n) is 2.54. The number of aromatic nitrogens is 2. The third-order valence-corrected chi connectivity index (χ3v) is 4.14. The quantitative estimate of drug-likeness (QED) is 0.797. The molecule has 0 fully saturated rings. The van der Waals surface area contributed by atoms with E-state index in [4.69, 9.17) is 9.47 Å². The Morgan fingerprint density at radius 1 is 1.26 bits per heavy atom. The Bertz CT molecular complexity index is 878. The predicted molar refractivity (Wildman–Crippen MR) is 87.2 cm³/mol. The molecule has 7 heteroatoms. The highest BCUT2D eigenvalue weighted by atomic mass is 32.1. The summed E-state index contributed by atoms with van der Waals surface area (Å²) in [4.78, 5) is 12.1. The van der Waals surface area contributed by atoms with Gasteiger partial charge in [0.25, 0.3) is 5.91 Å². The van der Waals surface area contributed by atoms with Gasteiger partial charge in [-0.05, 0) is 18.2 Å². The average Bonchev–Trinajstić information content (AvgIpc) is 3.22. The molecule has 1 amide bonds. The molecule has 0 saturated heterocycles. The van der Waals surface area contributed by atoms with E-state index in [0.29, 0.717) is 23.6 Å². The van der Waals surface area contributed by atoms with Gasteiger partial charge in [0.1, 0.15) is 11.0 Å². The average molecular weight is 327 g/mol. The Kier molecular flexibility index (Phi) is 3.55. The maximum absolute atomic E-state index is 12.1. The molecule has 2 heterocycles. The third kappa shape index (κ3) is 2.70. The van der Waals surface area contributed by atoms with E-state index in [-0.39, 0.29) is 12.5 Å². The van der Waals surface area contributed by atoms with Crippen LogP contribution in [0.1, 0.15) is 5.56 Å². The second-order valence-electron chi connectivity index (χ2n) is 5.12. The molecular formula is C16H13N3O3S. The van der Waals surface area contributed by atoms with Gasteiger partial charge in [-0.25, -0.2) is 0 Å². The minimum atomic E-state index is -0.249. The van der Waals surface area contributed by atoms with Gasteiger partial charge >= 0.3 is 0 Å². The predicted octanol–water partition coefficient (Wildman–Crippen LogP) is 2.64. The topological polar surface area (TPSA) is 73.3 Å². The molecule has 0 saturated carbocycles. The fraction of sp³-hybridized carbons (Fsp3) is 0.188. The molecule has 23 heavy (non-hydrogen) atoms. The number of anilines is 1. The van der Waals surface area contributed by atoms with Crippen molar-refractivity contribution in [1.29, 1.82) is 0 Å². The summed E-state index contributed by atoms with van der Waals surface area (Å²) in [7, 11) is 0. The molecule has 0 bridgehead atoms. The number of fused-ring (bicyclic) bond motifs is 2. The number of hydrogen-bond donors (Lipinski definition) is 1. The summed E-state index contributed by atoms with van der Waals surface area (Å²) >= 11 is 1.12. The lowest BCUT2D eigenvalue weighted by Crippen LogP contribution is -2.20. The minimum absolute atomic E-state index is 0.0895. The largest absolute Gasteiger partial charge is 0.489 e. The van der Waals surface area contributed by atoms with Crippen molar-refractivity contribution in [3.63, 3.8) is 0 Å². The van der Waals surface area contributed by atoms with Gasteiger partial charge in [0, 0.05) is 12.0 Å². The lowest BCUT2D eigenvalue weighted by Gasteiger charge is -2.10. The maximum atomic E-state index is 12.1. The Hall–Kier alpha value is -2.67. The summed E-state index contributed by atoms with van der Waals surface area (Å²) in [5.74, 6) is 1.09. The molecule has 1 aliphatic heterocycles. The van der Waals surface area contributed by atoms with Crippen LogP contribution >= 0.6 is 11.7 Å². The van der Waals surface area contributed by atoms with E-state index in [1.54, 1.807) is 6.07 Å². The third-order valence-electron chi connectivity index (χ3n) is 3.60. The molecule has 0 unspecified atom stereocenters. The second-order valence-corrected chi connectivity index (χ2v) is 5.65. The normalized spacial score (nSPS) is 12.7. The lowest BCUT2D eigenvalue weighted by molar-refractivity contribution is -0.118. The number of carbonyl (C=O) groups is 1. The van der Waals surface area contributed by atoms with Gasteiger partial charge in [-0.2, -0.15) is 8.75 Å². The van der Waals surface area contributed by atoms with Gasteiger partial charge in [0.2, 0.25) is 0 Å². The molecule has 0 spiro atoms. The first-order chi connectivity index (χ1) is 11.3. The van der Waals surface area contributed by atoms with Crippen molar-refractivity contribution in [2.24, 2.45) is 0 Å². The van der Waals surface area contributed by atoms with Crippen LogP contribution in [0.15, 0.2) is 36.4 Å². The van der Waals surface area contributed by atoms with Gasteiger partial charge in [-0.1, -0.05) is 18.2 Å².